The number of aromatic nitrogens is 2. The largest absolute Gasteiger partial charge is 0.496 e. The zero-order valence-electron chi connectivity index (χ0n) is 16.8. The van der Waals surface area contributed by atoms with Crippen molar-refractivity contribution >= 4 is 22.5 Å². The molecule has 1 aromatic heterocycles. The molecule has 2 N–H and O–H groups in total. The highest BCUT2D eigenvalue weighted by molar-refractivity contribution is 6.31. The Balaban J connectivity index is 1.38. The Morgan fingerprint density at radius 3 is 2.93 bits per heavy atom. The summed E-state index contributed by atoms with van der Waals surface area (Å²) in [6, 6.07) is 11.5. The lowest BCUT2D eigenvalue weighted by atomic mass is 9.74. The maximum atomic E-state index is 12.8. The lowest BCUT2D eigenvalue weighted by molar-refractivity contribution is 0.337. The molecule has 6 nitrogen and oxygen atoms in total. The molecule has 5 rings (SSSR count). The Morgan fingerprint density at radius 1 is 1.23 bits per heavy atom. The normalized spacial score (nSPS) is 22.7. The fourth-order valence-corrected chi connectivity index (χ4v) is 5.49. The summed E-state index contributed by atoms with van der Waals surface area (Å²) >= 11 is 5.98. The predicted octanol–water partition coefficient (Wildman–Crippen LogP) is 3.06. The van der Waals surface area contributed by atoms with Crippen LogP contribution in [0.2, 0.25) is 5.02 Å². The van der Waals surface area contributed by atoms with Crippen LogP contribution in [-0.4, -0.2) is 29.2 Å². The van der Waals surface area contributed by atoms with Crippen LogP contribution in [0, 0.1) is 5.92 Å². The second-order valence-corrected chi connectivity index (χ2v) is 8.65. The Hall–Kier alpha value is -2.57. The highest BCUT2D eigenvalue weighted by Gasteiger charge is 2.40. The minimum Gasteiger partial charge on any atom is -0.496 e. The van der Waals surface area contributed by atoms with Crippen LogP contribution in [-0.2, 0) is 13.0 Å². The van der Waals surface area contributed by atoms with E-state index < -0.39 is 0 Å². The Kier molecular flexibility index (Phi) is 4.91. The topological polar surface area (TPSA) is 76.1 Å². The molecule has 3 atom stereocenters. The molecule has 2 aliphatic rings. The van der Waals surface area contributed by atoms with E-state index >= 15 is 0 Å². The molecule has 2 heterocycles. The fraction of sp³-hybridized carbons (Fsp3) is 0.391. The second-order valence-electron chi connectivity index (χ2n) is 8.22. The zero-order valence-corrected chi connectivity index (χ0v) is 17.5. The fourth-order valence-electron chi connectivity index (χ4n) is 5.32. The zero-order chi connectivity index (χ0) is 20.8. The van der Waals surface area contributed by atoms with Gasteiger partial charge in [0.2, 0.25) is 0 Å². The van der Waals surface area contributed by atoms with E-state index in [0.29, 0.717) is 34.3 Å². The van der Waals surface area contributed by atoms with Gasteiger partial charge in [0.05, 0.1) is 18.0 Å². The van der Waals surface area contributed by atoms with Crippen molar-refractivity contribution < 1.29 is 4.74 Å². The first-order valence-corrected chi connectivity index (χ1v) is 10.8. The SMILES string of the molecule is COc1cccc2c1CC[C@H]1C(CCn3c(=O)[nH]c4cc(Cl)ccc4c3=O)NC[C@@H]21. The van der Waals surface area contributed by atoms with Crippen molar-refractivity contribution in [2.75, 3.05) is 13.7 Å². The minimum absolute atomic E-state index is 0.265. The lowest BCUT2D eigenvalue weighted by Gasteiger charge is -2.31. The summed E-state index contributed by atoms with van der Waals surface area (Å²) in [5.41, 5.74) is 2.52. The van der Waals surface area contributed by atoms with Gasteiger partial charge in [-0.25, -0.2) is 4.79 Å². The first-order valence-electron chi connectivity index (χ1n) is 10.4. The van der Waals surface area contributed by atoms with E-state index in [1.807, 2.05) is 6.07 Å². The number of nitrogens with zero attached hydrogens (tertiary/aromatic N) is 1. The number of ether oxygens (including phenoxy) is 1. The van der Waals surface area contributed by atoms with Crippen LogP contribution in [0.15, 0.2) is 46.0 Å². The van der Waals surface area contributed by atoms with E-state index in [1.165, 1.54) is 15.7 Å². The minimum atomic E-state index is -0.386. The maximum absolute atomic E-state index is 12.8. The first-order chi connectivity index (χ1) is 14.6. The Bertz CT molecular complexity index is 1230. The number of benzene rings is 2. The molecular weight excluding hydrogens is 402 g/mol. The summed E-state index contributed by atoms with van der Waals surface area (Å²) in [6.07, 6.45) is 2.82. The molecule has 3 aromatic rings. The number of halogens is 1. The summed E-state index contributed by atoms with van der Waals surface area (Å²) < 4.78 is 6.87. The number of fused-ring (bicyclic) bond motifs is 4. The second kappa shape index (κ2) is 7.60. The van der Waals surface area contributed by atoms with Crippen molar-refractivity contribution in [3.8, 4) is 5.75 Å². The van der Waals surface area contributed by atoms with Crippen LogP contribution in [0.4, 0.5) is 0 Å². The van der Waals surface area contributed by atoms with Crippen LogP contribution >= 0.6 is 11.6 Å². The van der Waals surface area contributed by atoms with Crippen molar-refractivity contribution in [1.29, 1.82) is 0 Å². The molecule has 1 saturated heterocycles. The smallest absolute Gasteiger partial charge is 0.328 e. The molecule has 0 spiro atoms. The Morgan fingerprint density at radius 2 is 2.10 bits per heavy atom. The Labute approximate surface area is 178 Å². The molecule has 1 aliphatic heterocycles. The van der Waals surface area contributed by atoms with Gasteiger partial charge in [-0.15, -0.1) is 0 Å². The van der Waals surface area contributed by atoms with Crippen LogP contribution in [0.25, 0.3) is 10.9 Å². The van der Waals surface area contributed by atoms with E-state index in [1.54, 1.807) is 25.3 Å². The third-order valence-electron chi connectivity index (χ3n) is 6.76. The van der Waals surface area contributed by atoms with Gasteiger partial charge in [0.1, 0.15) is 5.75 Å². The third kappa shape index (κ3) is 3.15. The number of methoxy groups -OCH3 is 1. The summed E-state index contributed by atoms with van der Waals surface area (Å²) in [7, 11) is 1.73. The van der Waals surface area contributed by atoms with E-state index in [2.05, 4.69) is 22.4 Å². The summed E-state index contributed by atoms with van der Waals surface area (Å²) in [6.45, 7) is 1.30. The van der Waals surface area contributed by atoms with Gasteiger partial charge in [-0.1, -0.05) is 23.7 Å². The predicted molar refractivity (Wildman–Crippen MR) is 118 cm³/mol. The van der Waals surface area contributed by atoms with E-state index in [0.717, 1.165) is 31.6 Å². The monoisotopic (exact) mass is 425 g/mol. The van der Waals surface area contributed by atoms with E-state index in [4.69, 9.17) is 16.3 Å². The summed E-state index contributed by atoms with van der Waals surface area (Å²) in [4.78, 5) is 28.2. The molecule has 30 heavy (non-hydrogen) atoms. The molecule has 1 fully saturated rings. The van der Waals surface area contributed by atoms with Crippen LogP contribution in [0.3, 0.4) is 0 Å². The van der Waals surface area contributed by atoms with Crippen LogP contribution in [0.5, 0.6) is 5.75 Å². The average molecular weight is 426 g/mol. The van der Waals surface area contributed by atoms with Crippen molar-refractivity contribution in [3.05, 3.63) is 73.4 Å². The summed E-state index contributed by atoms with van der Waals surface area (Å²) in [5, 5.41) is 4.62. The standard InChI is InChI=1S/C23H24ClN3O3/c1-30-21-4-2-3-14-16(21)8-7-15-18(14)12-25-19(15)9-10-27-22(28)17-6-5-13(24)11-20(17)26-23(27)29/h2-6,11,15,18-19,25H,7-10,12H2,1H3,(H,26,29)/t15-,18+,19?/m1/s1. The molecule has 0 bridgehead atoms. The quantitative estimate of drug-likeness (QED) is 0.673. The molecule has 0 radical (unpaired) electrons. The van der Waals surface area contributed by atoms with Gasteiger partial charge in [-0.3, -0.25) is 9.36 Å². The molecular formula is C23H24ClN3O3. The van der Waals surface area contributed by atoms with Gasteiger partial charge in [-0.05, 0) is 60.6 Å². The van der Waals surface area contributed by atoms with Gasteiger partial charge in [0, 0.05) is 30.1 Å². The number of aromatic amines is 1. The molecule has 7 heteroatoms. The van der Waals surface area contributed by atoms with Crippen molar-refractivity contribution in [1.82, 2.24) is 14.9 Å². The maximum Gasteiger partial charge on any atom is 0.328 e. The number of hydrogen-bond donors (Lipinski definition) is 2. The molecule has 2 aromatic carbocycles. The highest BCUT2D eigenvalue weighted by atomic mass is 35.5. The average Bonchev–Trinajstić information content (AvgIpc) is 3.16. The van der Waals surface area contributed by atoms with Gasteiger partial charge < -0.3 is 15.0 Å². The lowest BCUT2D eigenvalue weighted by Crippen LogP contribution is -2.38. The molecule has 156 valence electrons. The highest BCUT2D eigenvalue weighted by Crippen LogP contribution is 2.44. The summed E-state index contributed by atoms with van der Waals surface area (Å²) in [5.74, 6) is 1.92. The number of H-pyrrole nitrogens is 1. The van der Waals surface area contributed by atoms with E-state index in [9.17, 15) is 9.59 Å². The van der Waals surface area contributed by atoms with E-state index in [-0.39, 0.29) is 17.3 Å². The van der Waals surface area contributed by atoms with Crippen LogP contribution in [0.1, 0.15) is 29.9 Å². The molecule has 1 unspecified atom stereocenters. The van der Waals surface area contributed by atoms with Crippen molar-refractivity contribution in [3.63, 3.8) is 0 Å². The first kappa shape index (κ1) is 19.4. The number of nitrogens with one attached hydrogen (secondary N) is 2. The van der Waals surface area contributed by atoms with Crippen LogP contribution < -0.4 is 21.3 Å². The number of hydrogen-bond acceptors (Lipinski definition) is 4. The molecule has 0 amide bonds. The van der Waals surface area contributed by atoms with Gasteiger partial charge in [0.15, 0.2) is 0 Å². The number of rotatable bonds is 4. The third-order valence-corrected chi connectivity index (χ3v) is 6.99. The van der Waals surface area contributed by atoms with Crippen molar-refractivity contribution in [2.45, 2.75) is 37.8 Å². The van der Waals surface area contributed by atoms with Gasteiger partial charge in [-0.2, -0.15) is 0 Å². The molecule has 0 saturated carbocycles. The molecule has 1 aliphatic carbocycles. The van der Waals surface area contributed by atoms with Crippen molar-refractivity contribution in [2.24, 2.45) is 5.92 Å². The van der Waals surface area contributed by atoms with Gasteiger partial charge in [0.25, 0.3) is 5.56 Å². The van der Waals surface area contributed by atoms with Gasteiger partial charge >= 0.3 is 5.69 Å².